The standard InChI is InChI=1S/C15H21BrClNO4/c1-15(2,3)22-14(21)18-7-6-12(19)13(20)9-4-5-11(17)10(16)8-9/h4-5,8,12-13,19-20H,6-7H2,1-3H3,(H,18,21). The van der Waals surface area contributed by atoms with Gasteiger partial charge in [0.2, 0.25) is 0 Å². The summed E-state index contributed by atoms with van der Waals surface area (Å²) < 4.78 is 5.72. The molecular weight excluding hydrogens is 374 g/mol. The molecule has 0 spiro atoms. The molecule has 0 aliphatic rings. The summed E-state index contributed by atoms with van der Waals surface area (Å²) in [5.41, 5.74) is -0.0290. The zero-order valence-electron chi connectivity index (χ0n) is 12.8. The first kappa shape index (κ1) is 19.2. The van der Waals surface area contributed by atoms with Crippen molar-refractivity contribution in [3.05, 3.63) is 33.3 Å². The number of halogens is 2. The van der Waals surface area contributed by atoms with Crippen LogP contribution in [0.4, 0.5) is 4.79 Å². The van der Waals surface area contributed by atoms with Crippen LogP contribution in [0.1, 0.15) is 38.9 Å². The molecule has 2 unspecified atom stereocenters. The van der Waals surface area contributed by atoms with Gasteiger partial charge in [0.1, 0.15) is 11.7 Å². The minimum atomic E-state index is -1.06. The van der Waals surface area contributed by atoms with E-state index >= 15 is 0 Å². The highest BCUT2D eigenvalue weighted by Gasteiger charge is 2.20. The number of hydrogen-bond donors (Lipinski definition) is 3. The van der Waals surface area contributed by atoms with Crippen molar-refractivity contribution in [1.29, 1.82) is 0 Å². The Labute approximate surface area is 143 Å². The molecule has 0 saturated heterocycles. The Hall–Kier alpha value is -0.820. The number of rotatable bonds is 5. The van der Waals surface area contributed by atoms with E-state index in [1.165, 1.54) is 0 Å². The van der Waals surface area contributed by atoms with Gasteiger partial charge in [-0.05, 0) is 60.8 Å². The molecule has 1 aromatic carbocycles. The van der Waals surface area contributed by atoms with Crippen molar-refractivity contribution in [2.45, 2.75) is 45.0 Å². The van der Waals surface area contributed by atoms with Crippen LogP contribution >= 0.6 is 27.5 Å². The Morgan fingerprint density at radius 3 is 2.59 bits per heavy atom. The number of ether oxygens (including phenoxy) is 1. The molecule has 0 radical (unpaired) electrons. The largest absolute Gasteiger partial charge is 0.444 e. The molecule has 124 valence electrons. The van der Waals surface area contributed by atoms with E-state index in [4.69, 9.17) is 16.3 Å². The summed E-state index contributed by atoms with van der Waals surface area (Å²) in [6.07, 6.45) is -2.43. The van der Waals surface area contributed by atoms with Gasteiger partial charge in [0.05, 0.1) is 11.1 Å². The van der Waals surface area contributed by atoms with Crippen molar-refractivity contribution < 1.29 is 19.7 Å². The summed E-state index contributed by atoms with van der Waals surface area (Å²) in [5.74, 6) is 0. The molecule has 0 aliphatic heterocycles. The molecule has 0 aliphatic carbocycles. The second-order valence-corrected chi connectivity index (χ2v) is 7.16. The number of carbonyl (C=O) groups excluding carboxylic acids is 1. The van der Waals surface area contributed by atoms with Gasteiger partial charge in [0, 0.05) is 11.0 Å². The van der Waals surface area contributed by atoms with Crippen LogP contribution in [-0.4, -0.2) is 34.6 Å². The van der Waals surface area contributed by atoms with Crippen molar-refractivity contribution in [1.82, 2.24) is 5.32 Å². The molecule has 0 bridgehead atoms. The number of nitrogens with one attached hydrogen (secondary N) is 1. The number of alkyl carbamates (subject to hydrolysis) is 1. The third-order valence-corrected chi connectivity index (χ3v) is 3.97. The predicted octanol–water partition coefficient (Wildman–Crippen LogP) is 3.41. The van der Waals surface area contributed by atoms with Crippen LogP contribution in [0, 0.1) is 0 Å². The van der Waals surface area contributed by atoms with E-state index in [1.807, 2.05) is 0 Å². The molecule has 0 saturated carbocycles. The molecule has 22 heavy (non-hydrogen) atoms. The molecule has 0 aromatic heterocycles. The highest BCUT2D eigenvalue weighted by molar-refractivity contribution is 9.10. The first-order chi connectivity index (χ1) is 10.1. The van der Waals surface area contributed by atoms with Crippen molar-refractivity contribution >= 4 is 33.6 Å². The highest BCUT2D eigenvalue weighted by Crippen LogP contribution is 2.27. The molecule has 3 N–H and O–H groups in total. The summed E-state index contributed by atoms with van der Waals surface area (Å²) in [4.78, 5) is 11.5. The maximum atomic E-state index is 11.5. The van der Waals surface area contributed by atoms with Crippen molar-refractivity contribution in [2.24, 2.45) is 0 Å². The van der Waals surface area contributed by atoms with Crippen LogP contribution in [0.3, 0.4) is 0 Å². The molecular formula is C15H21BrClNO4. The van der Waals surface area contributed by atoms with E-state index < -0.39 is 23.9 Å². The fourth-order valence-electron chi connectivity index (χ4n) is 1.71. The van der Waals surface area contributed by atoms with E-state index in [0.29, 0.717) is 15.1 Å². The molecule has 2 atom stereocenters. The number of aliphatic hydroxyl groups excluding tert-OH is 2. The topological polar surface area (TPSA) is 78.8 Å². The maximum absolute atomic E-state index is 11.5. The molecule has 0 fully saturated rings. The third-order valence-electron chi connectivity index (χ3n) is 2.76. The first-order valence-electron chi connectivity index (χ1n) is 6.88. The highest BCUT2D eigenvalue weighted by atomic mass is 79.9. The number of carbonyl (C=O) groups is 1. The zero-order valence-corrected chi connectivity index (χ0v) is 15.1. The average Bonchev–Trinajstić information content (AvgIpc) is 2.38. The Balaban J connectivity index is 2.46. The fraction of sp³-hybridized carbons (Fsp3) is 0.533. The van der Waals surface area contributed by atoms with E-state index in [2.05, 4.69) is 21.2 Å². The smallest absolute Gasteiger partial charge is 0.407 e. The normalized spacial score (nSPS) is 14.3. The van der Waals surface area contributed by atoms with Crippen LogP contribution in [0.25, 0.3) is 0 Å². The lowest BCUT2D eigenvalue weighted by molar-refractivity contribution is 0.0123. The number of amides is 1. The van der Waals surface area contributed by atoms with E-state index in [-0.39, 0.29) is 13.0 Å². The Morgan fingerprint density at radius 2 is 2.05 bits per heavy atom. The monoisotopic (exact) mass is 393 g/mol. The van der Waals surface area contributed by atoms with E-state index in [1.54, 1.807) is 39.0 Å². The molecule has 1 amide bonds. The lowest BCUT2D eigenvalue weighted by Crippen LogP contribution is -2.34. The summed E-state index contributed by atoms with van der Waals surface area (Å²) in [6.45, 7) is 5.50. The maximum Gasteiger partial charge on any atom is 0.407 e. The SMILES string of the molecule is CC(C)(C)OC(=O)NCCC(O)C(O)c1ccc(Cl)c(Br)c1. The number of benzene rings is 1. The van der Waals surface area contributed by atoms with Gasteiger partial charge in [-0.2, -0.15) is 0 Å². The predicted molar refractivity (Wildman–Crippen MR) is 89.0 cm³/mol. The minimum Gasteiger partial charge on any atom is -0.444 e. The molecule has 0 heterocycles. The van der Waals surface area contributed by atoms with Gasteiger partial charge in [-0.1, -0.05) is 17.7 Å². The molecule has 1 rings (SSSR count). The lowest BCUT2D eigenvalue weighted by Gasteiger charge is -2.21. The second kappa shape index (κ2) is 8.15. The van der Waals surface area contributed by atoms with Gasteiger partial charge < -0.3 is 20.3 Å². The third kappa shape index (κ3) is 6.52. The van der Waals surface area contributed by atoms with Crippen molar-refractivity contribution in [3.63, 3.8) is 0 Å². The molecule has 5 nitrogen and oxygen atoms in total. The molecule has 1 aromatic rings. The van der Waals surface area contributed by atoms with E-state index in [9.17, 15) is 15.0 Å². The van der Waals surface area contributed by atoms with E-state index in [0.717, 1.165) is 0 Å². The van der Waals surface area contributed by atoms with Crippen LogP contribution in [0.2, 0.25) is 5.02 Å². The van der Waals surface area contributed by atoms with Crippen molar-refractivity contribution in [3.8, 4) is 0 Å². The van der Waals surface area contributed by atoms with Gasteiger partial charge in [-0.15, -0.1) is 0 Å². The lowest BCUT2D eigenvalue weighted by atomic mass is 10.0. The minimum absolute atomic E-state index is 0.195. The van der Waals surface area contributed by atoms with Gasteiger partial charge in [-0.3, -0.25) is 0 Å². The Morgan fingerprint density at radius 1 is 1.41 bits per heavy atom. The van der Waals surface area contributed by atoms with Crippen LogP contribution in [0.15, 0.2) is 22.7 Å². The fourth-order valence-corrected chi connectivity index (χ4v) is 2.23. The van der Waals surface area contributed by atoms with Gasteiger partial charge >= 0.3 is 6.09 Å². The summed E-state index contributed by atoms with van der Waals surface area (Å²) in [7, 11) is 0. The first-order valence-corrected chi connectivity index (χ1v) is 8.05. The Bertz CT molecular complexity index is 519. The number of aliphatic hydroxyl groups is 2. The van der Waals surface area contributed by atoms with Crippen LogP contribution < -0.4 is 5.32 Å². The molecule has 7 heteroatoms. The van der Waals surface area contributed by atoms with Gasteiger partial charge in [0.15, 0.2) is 0 Å². The van der Waals surface area contributed by atoms with Crippen molar-refractivity contribution in [2.75, 3.05) is 6.54 Å². The van der Waals surface area contributed by atoms with Crippen LogP contribution in [0.5, 0.6) is 0 Å². The average molecular weight is 395 g/mol. The Kier molecular flexibility index (Phi) is 7.12. The zero-order chi connectivity index (χ0) is 16.9. The quantitative estimate of drug-likeness (QED) is 0.715. The second-order valence-electron chi connectivity index (χ2n) is 5.90. The van der Waals surface area contributed by atoms with Crippen LogP contribution in [-0.2, 0) is 4.74 Å². The number of hydrogen-bond acceptors (Lipinski definition) is 4. The van der Waals surface area contributed by atoms with Gasteiger partial charge in [0.25, 0.3) is 0 Å². The summed E-state index contributed by atoms with van der Waals surface area (Å²) in [6, 6.07) is 4.93. The van der Waals surface area contributed by atoms with Gasteiger partial charge in [-0.25, -0.2) is 4.79 Å². The summed E-state index contributed by atoms with van der Waals surface area (Å²) in [5, 5.41) is 23.1. The summed E-state index contributed by atoms with van der Waals surface area (Å²) >= 11 is 9.15.